The highest BCUT2D eigenvalue weighted by Gasteiger charge is 2.18. The molecule has 0 spiro atoms. The van der Waals surface area contributed by atoms with Crippen molar-refractivity contribution in [2.75, 3.05) is 27.9 Å². The summed E-state index contributed by atoms with van der Waals surface area (Å²) in [5, 5.41) is 6.07. The van der Waals surface area contributed by atoms with Gasteiger partial charge in [0.05, 0.1) is 33.1 Å². The number of benzene rings is 4. The summed E-state index contributed by atoms with van der Waals surface area (Å²) in [6.45, 7) is -0.175. The first-order valence-electron chi connectivity index (χ1n) is 11.6. The van der Waals surface area contributed by atoms with E-state index in [-0.39, 0.29) is 12.2 Å². The minimum absolute atomic E-state index is 0.175. The van der Waals surface area contributed by atoms with E-state index in [9.17, 15) is 9.59 Å². The molecule has 0 radical (unpaired) electrons. The molecular formula is C29H26N2O7. The van der Waals surface area contributed by atoms with E-state index in [1.165, 1.54) is 39.7 Å². The Balaban J connectivity index is 1.29. The molecule has 194 valence electrons. The first kappa shape index (κ1) is 26.0. The van der Waals surface area contributed by atoms with E-state index in [0.717, 1.165) is 10.8 Å². The van der Waals surface area contributed by atoms with Crippen LogP contribution in [0.1, 0.15) is 15.9 Å². The van der Waals surface area contributed by atoms with Crippen LogP contribution in [0.2, 0.25) is 0 Å². The number of carbonyl (C=O) groups is 2. The smallest absolute Gasteiger partial charge is 0.343 e. The zero-order valence-electron chi connectivity index (χ0n) is 21.1. The van der Waals surface area contributed by atoms with E-state index in [1.54, 1.807) is 24.3 Å². The van der Waals surface area contributed by atoms with Crippen molar-refractivity contribution in [1.29, 1.82) is 0 Å². The van der Waals surface area contributed by atoms with Gasteiger partial charge in [-0.25, -0.2) is 10.2 Å². The Hall–Kier alpha value is -5.05. The van der Waals surface area contributed by atoms with Gasteiger partial charge in [-0.2, -0.15) is 5.10 Å². The molecule has 0 saturated heterocycles. The molecule has 9 heteroatoms. The third-order valence-electron chi connectivity index (χ3n) is 5.48. The van der Waals surface area contributed by atoms with Crippen molar-refractivity contribution in [2.45, 2.75) is 0 Å². The molecule has 9 nitrogen and oxygen atoms in total. The van der Waals surface area contributed by atoms with Crippen molar-refractivity contribution in [3.8, 4) is 28.7 Å². The fourth-order valence-corrected chi connectivity index (χ4v) is 3.60. The lowest BCUT2D eigenvalue weighted by Crippen LogP contribution is -2.24. The fourth-order valence-electron chi connectivity index (χ4n) is 3.60. The summed E-state index contributed by atoms with van der Waals surface area (Å²) in [5.74, 6) is 0.996. The van der Waals surface area contributed by atoms with Crippen molar-refractivity contribution in [3.05, 3.63) is 90.0 Å². The maximum atomic E-state index is 12.7. The first-order valence-corrected chi connectivity index (χ1v) is 11.6. The van der Waals surface area contributed by atoms with Gasteiger partial charge in [-0.05, 0) is 64.9 Å². The van der Waals surface area contributed by atoms with Gasteiger partial charge in [-0.15, -0.1) is 0 Å². The number of nitrogens with zero attached hydrogens (tertiary/aromatic N) is 1. The average Bonchev–Trinajstić information content (AvgIpc) is 2.95. The van der Waals surface area contributed by atoms with E-state index >= 15 is 0 Å². The topological polar surface area (TPSA) is 105 Å². The van der Waals surface area contributed by atoms with E-state index < -0.39 is 11.9 Å². The van der Waals surface area contributed by atoms with Crippen LogP contribution >= 0.6 is 0 Å². The summed E-state index contributed by atoms with van der Waals surface area (Å²) < 4.78 is 26.8. The normalized spacial score (nSPS) is 10.7. The minimum Gasteiger partial charge on any atom is -0.493 e. The number of esters is 1. The Morgan fingerprint density at radius 2 is 1.45 bits per heavy atom. The van der Waals surface area contributed by atoms with Gasteiger partial charge in [0, 0.05) is 0 Å². The molecule has 4 rings (SSSR count). The van der Waals surface area contributed by atoms with Crippen LogP contribution in [-0.4, -0.2) is 46.0 Å². The number of fused-ring (bicyclic) bond motifs is 1. The van der Waals surface area contributed by atoms with Gasteiger partial charge in [0.1, 0.15) is 11.5 Å². The number of methoxy groups -OCH3 is 3. The molecule has 1 N–H and O–H groups in total. The predicted octanol–water partition coefficient (Wildman–Crippen LogP) is 4.61. The monoisotopic (exact) mass is 514 g/mol. The second-order valence-electron chi connectivity index (χ2n) is 7.96. The molecule has 0 aliphatic rings. The number of hydrogen-bond acceptors (Lipinski definition) is 8. The molecule has 1 amide bonds. The van der Waals surface area contributed by atoms with Crippen molar-refractivity contribution < 1.29 is 33.3 Å². The molecule has 38 heavy (non-hydrogen) atoms. The Labute approximate surface area is 219 Å². The van der Waals surface area contributed by atoms with Crippen molar-refractivity contribution >= 4 is 28.9 Å². The molecule has 0 aliphatic heterocycles. The van der Waals surface area contributed by atoms with E-state index in [0.29, 0.717) is 34.3 Å². The highest BCUT2D eigenvalue weighted by Crippen LogP contribution is 2.38. The Kier molecular flexibility index (Phi) is 8.40. The summed E-state index contributed by atoms with van der Waals surface area (Å²) in [6.07, 6.45) is 1.47. The Morgan fingerprint density at radius 1 is 0.789 bits per heavy atom. The molecule has 4 aromatic rings. The number of rotatable bonds is 10. The molecule has 0 aromatic heterocycles. The van der Waals surface area contributed by atoms with Crippen LogP contribution in [-0.2, 0) is 4.79 Å². The summed E-state index contributed by atoms with van der Waals surface area (Å²) in [7, 11) is 4.41. The molecular weight excluding hydrogens is 488 g/mol. The van der Waals surface area contributed by atoms with Crippen LogP contribution in [0.5, 0.6) is 28.7 Å². The lowest BCUT2D eigenvalue weighted by atomic mass is 10.1. The van der Waals surface area contributed by atoms with Crippen LogP contribution in [0, 0.1) is 0 Å². The second-order valence-corrected chi connectivity index (χ2v) is 7.96. The lowest BCUT2D eigenvalue weighted by molar-refractivity contribution is -0.123. The number of ether oxygens (including phenoxy) is 5. The van der Waals surface area contributed by atoms with Gasteiger partial charge < -0.3 is 23.7 Å². The van der Waals surface area contributed by atoms with Crippen molar-refractivity contribution in [3.63, 3.8) is 0 Å². The first-order chi connectivity index (χ1) is 18.5. The van der Waals surface area contributed by atoms with Gasteiger partial charge >= 0.3 is 5.97 Å². The van der Waals surface area contributed by atoms with Gasteiger partial charge in [-0.3, -0.25) is 4.79 Å². The molecule has 0 unspecified atom stereocenters. The largest absolute Gasteiger partial charge is 0.493 e. The molecule has 0 saturated carbocycles. The number of hydrazone groups is 1. The zero-order chi connectivity index (χ0) is 26.9. The van der Waals surface area contributed by atoms with Crippen LogP contribution in [0.15, 0.2) is 84.0 Å². The Morgan fingerprint density at radius 3 is 2.11 bits per heavy atom. The summed E-state index contributed by atoms with van der Waals surface area (Å²) in [6, 6.07) is 23.2. The summed E-state index contributed by atoms with van der Waals surface area (Å²) in [4.78, 5) is 24.7. The third-order valence-corrected chi connectivity index (χ3v) is 5.48. The van der Waals surface area contributed by atoms with Gasteiger partial charge in [-0.1, -0.05) is 30.3 Å². The SMILES string of the molecule is COc1cc(C(=O)Oc2ccc(C=NNC(=O)COc3ccc4ccccc4c3)cc2)cc(OC)c1OC. The van der Waals surface area contributed by atoms with E-state index in [1.807, 2.05) is 42.5 Å². The number of amides is 1. The van der Waals surface area contributed by atoms with Gasteiger partial charge in [0.25, 0.3) is 5.91 Å². The van der Waals surface area contributed by atoms with Gasteiger partial charge in [0.2, 0.25) is 5.75 Å². The Bertz CT molecular complexity index is 1440. The zero-order valence-corrected chi connectivity index (χ0v) is 21.1. The van der Waals surface area contributed by atoms with E-state index in [4.69, 9.17) is 23.7 Å². The number of hydrogen-bond donors (Lipinski definition) is 1. The molecule has 0 atom stereocenters. The quantitative estimate of drug-likeness (QED) is 0.143. The minimum atomic E-state index is -0.593. The van der Waals surface area contributed by atoms with Crippen LogP contribution in [0.4, 0.5) is 0 Å². The molecule has 0 aliphatic carbocycles. The maximum absolute atomic E-state index is 12.7. The van der Waals surface area contributed by atoms with Crippen molar-refractivity contribution in [2.24, 2.45) is 5.10 Å². The van der Waals surface area contributed by atoms with Crippen LogP contribution in [0.3, 0.4) is 0 Å². The predicted molar refractivity (Wildman–Crippen MR) is 143 cm³/mol. The van der Waals surface area contributed by atoms with Crippen molar-refractivity contribution in [1.82, 2.24) is 5.43 Å². The highest BCUT2D eigenvalue weighted by molar-refractivity contribution is 5.93. The maximum Gasteiger partial charge on any atom is 0.343 e. The van der Waals surface area contributed by atoms with Crippen LogP contribution in [0.25, 0.3) is 10.8 Å². The fraction of sp³-hybridized carbons (Fsp3) is 0.138. The molecule has 0 bridgehead atoms. The summed E-state index contributed by atoms with van der Waals surface area (Å²) >= 11 is 0. The highest BCUT2D eigenvalue weighted by atomic mass is 16.5. The van der Waals surface area contributed by atoms with E-state index in [2.05, 4.69) is 10.5 Å². The lowest BCUT2D eigenvalue weighted by Gasteiger charge is -2.13. The molecule has 0 fully saturated rings. The standard InChI is InChI=1S/C29H26N2O7/c1-34-25-15-22(16-26(35-2)28(25)36-3)29(33)38-23-11-8-19(9-12-23)17-30-31-27(32)18-37-24-13-10-20-6-4-5-7-21(20)14-24/h4-17H,18H2,1-3H3,(H,31,32). The third kappa shape index (κ3) is 6.38. The molecule has 4 aromatic carbocycles. The van der Waals surface area contributed by atoms with Crippen LogP contribution < -0.4 is 29.1 Å². The number of carbonyl (C=O) groups excluding carboxylic acids is 2. The second kappa shape index (κ2) is 12.3. The molecule has 0 heterocycles. The number of nitrogens with one attached hydrogen (secondary N) is 1. The average molecular weight is 515 g/mol. The summed E-state index contributed by atoms with van der Waals surface area (Å²) in [5.41, 5.74) is 3.35. The van der Waals surface area contributed by atoms with Gasteiger partial charge in [0.15, 0.2) is 18.1 Å².